The van der Waals surface area contributed by atoms with Crippen molar-refractivity contribution < 1.29 is 23.7 Å². The van der Waals surface area contributed by atoms with Gasteiger partial charge in [-0.05, 0) is 47.7 Å². The monoisotopic (exact) mass is 395 g/mol. The molecule has 0 unspecified atom stereocenters. The molecule has 0 spiro atoms. The fourth-order valence-corrected chi connectivity index (χ4v) is 4.15. The molecule has 1 saturated heterocycles. The fraction of sp³-hybridized carbons (Fsp3) is 0.435. The second-order valence-electron chi connectivity index (χ2n) is 7.71. The summed E-state index contributed by atoms with van der Waals surface area (Å²) >= 11 is 0. The van der Waals surface area contributed by atoms with Crippen molar-refractivity contribution in [1.29, 1.82) is 0 Å². The smallest absolute Gasteiger partial charge is 0.252 e. The second-order valence-corrected chi connectivity index (χ2v) is 7.71. The average Bonchev–Trinajstić information content (AvgIpc) is 3.44. The zero-order chi connectivity index (χ0) is 19.6. The van der Waals surface area contributed by atoms with Gasteiger partial charge in [0.2, 0.25) is 0 Å². The minimum atomic E-state index is -0.343. The Balaban J connectivity index is 1.38. The lowest BCUT2D eigenvalue weighted by molar-refractivity contribution is -0.142. The first-order chi connectivity index (χ1) is 14.3. The van der Waals surface area contributed by atoms with Crippen LogP contribution >= 0.6 is 0 Å². The molecular weight excluding hydrogens is 370 g/mol. The van der Waals surface area contributed by atoms with Gasteiger partial charge in [-0.2, -0.15) is 0 Å². The number of amides is 1. The Hall–Kier alpha value is -2.73. The third kappa shape index (κ3) is 3.90. The number of rotatable bonds is 5. The number of nitrogens with zero attached hydrogens (tertiary/aromatic N) is 1. The van der Waals surface area contributed by atoms with Crippen molar-refractivity contribution in [3.05, 3.63) is 53.1 Å². The number of hydrogen-bond acceptors (Lipinski definition) is 5. The van der Waals surface area contributed by atoms with Crippen LogP contribution in [0, 0.1) is 0 Å². The third-order valence-electron chi connectivity index (χ3n) is 5.62. The maximum absolute atomic E-state index is 13.2. The van der Waals surface area contributed by atoms with Crippen molar-refractivity contribution in [3.8, 4) is 17.2 Å². The molecule has 3 aliphatic rings. The number of carbonyl (C=O) groups excluding carboxylic acids is 1. The third-order valence-corrected chi connectivity index (χ3v) is 5.62. The maximum Gasteiger partial charge on any atom is 0.252 e. The fourth-order valence-electron chi connectivity index (χ4n) is 4.15. The first-order valence-electron chi connectivity index (χ1n) is 10.3. The van der Waals surface area contributed by atoms with E-state index in [4.69, 9.17) is 18.9 Å². The molecule has 0 aromatic heterocycles. The number of fused-ring (bicyclic) bond motifs is 2. The van der Waals surface area contributed by atoms with Crippen molar-refractivity contribution in [2.45, 2.75) is 38.5 Å². The molecule has 0 saturated carbocycles. The van der Waals surface area contributed by atoms with E-state index in [2.05, 4.69) is 6.07 Å². The standard InChI is InChI=1S/C23H25NO5/c25-23(21-2-1-8-26-21)24(14-16-3-5-19-18(12-16)7-9-27-19)15-17-4-6-20-22(13-17)29-11-10-28-20/h3-6,12-13,21H,1-2,7-11,14-15H2/t21-/m0/s1. The molecule has 3 aliphatic heterocycles. The van der Waals surface area contributed by atoms with Gasteiger partial charge in [-0.3, -0.25) is 4.79 Å². The first-order valence-corrected chi connectivity index (χ1v) is 10.3. The zero-order valence-electron chi connectivity index (χ0n) is 16.4. The highest BCUT2D eigenvalue weighted by molar-refractivity contribution is 5.81. The van der Waals surface area contributed by atoms with E-state index < -0.39 is 0 Å². The lowest BCUT2D eigenvalue weighted by Gasteiger charge is -2.26. The van der Waals surface area contributed by atoms with Crippen LogP contribution in [0.2, 0.25) is 0 Å². The van der Waals surface area contributed by atoms with Gasteiger partial charge in [0.05, 0.1) is 6.61 Å². The summed E-state index contributed by atoms with van der Waals surface area (Å²) in [5.74, 6) is 2.51. The number of carbonyl (C=O) groups is 1. The Labute approximate surface area is 170 Å². The van der Waals surface area contributed by atoms with E-state index >= 15 is 0 Å². The normalized spacial score (nSPS) is 19.5. The summed E-state index contributed by atoms with van der Waals surface area (Å²) in [4.78, 5) is 15.1. The highest BCUT2D eigenvalue weighted by Gasteiger charge is 2.29. The summed E-state index contributed by atoms with van der Waals surface area (Å²) in [6, 6.07) is 12.1. The molecule has 2 aromatic carbocycles. The van der Waals surface area contributed by atoms with Gasteiger partial charge in [0.1, 0.15) is 25.1 Å². The molecule has 0 radical (unpaired) electrons. The molecular formula is C23H25NO5. The molecule has 1 fully saturated rings. The van der Waals surface area contributed by atoms with Crippen LogP contribution in [0.4, 0.5) is 0 Å². The molecule has 6 heteroatoms. The summed E-state index contributed by atoms with van der Waals surface area (Å²) in [5, 5.41) is 0. The molecule has 2 aromatic rings. The van der Waals surface area contributed by atoms with E-state index in [0.717, 1.165) is 54.2 Å². The van der Waals surface area contributed by atoms with Gasteiger partial charge in [-0.15, -0.1) is 0 Å². The highest BCUT2D eigenvalue weighted by Crippen LogP contribution is 2.32. The summed E-state index contributed by atoms with van der Waals surface area (Å²) in [6.45, 7) is 3.55. The largest absolute Gasteiger partial charge is 0.493 e. The van der Waals surface area contributed by atoms with Crippen molar-refractivity contribution in [2.75, 3.05) is 26.4 Å². The highest BCUT2D eigenvalue weighted by atomic mass is 16.6. The average molecular weight is 395 g/mol. The van der Waals surface area contributed by atoms with Gasteiger partial charge in [-0.1, -0.05) is 18.2 Å². The van der Waals surface area contributed by atoms with Crippen molar-refractivity contribution in [2.24, 2.45) is 0 Å². The molecule has 6 nitrogen and oxygen atoms in total. The summed E-state index contributed by atoms with van der Waals surface area (Å²) in [7, 11) is 0. The van der Waals surface area contributed by atoms with Crippen LogP contribution in [0.5, 0.6) is 17.2 Å². The quantitative estimate of drug-likeness (QED) is 0.779. The molecule has 1 atom stereocenters. The van der Waals surface area contributed by atoms with E-state index in [9.17, 15) is 4.79 Å². The molecule has 0 aliphatic carbocycles. The van der Waals surface area contributed by atoms with Gasteiger partial charge in [-0.25, -0.2) is 0 Å². The van der Waals surface area contributed by atoms with E-state index in [-0.39, 0.29) is 12.0 Å². The number of ether oxygens (including phenoxy) is 4. The van der Waals surface area contributed by atoms with E-state index in [1.807, 2.05) is 35.2 Å². The van der Waals surface area contributed by atoms with Gasteiger partial charge in [0, 0.05) is 26.1 Å². The lowest BCUT2D eigenvalue weighted by Crippen LogP contribution is -2.38. The molecule has 152 valence electrons. The minimum Gasteiger partial charge on any atom is -0.493 e. The second kappa shape index (κ2) is 7.95. The summed E-state index contributed by atoms with van der Waals surface area (Å²) in [6.07, 6.45) is 2.30. The van der Waals surface area contributed by atoms with E-state index in [1.54, 1.807) is 0 Å². The SMILES string of the molecule is O=C([C@@H]1CCCO1)N(Cc1ccc2c(c1)CCO2)Cc1ccc2c(c1)OCCO2. The maximum atomic E-state index is 13.2. The Kier molecular flexibility index (Phi) is 5.02. The van der Waals surface area contributed by atoms with Crippen molar-refractivity contribution in [3.63, 3.8) is 0 Å². The zero-order valence-corrected chi connectivity index (χ0v) is 16.4. The number of benzene rings is 2. The Morgan fingerprint density at radius 3 is 2.38 bits per heavy atom. The van der Waals surface area contributed by atoms with Crippen LogP contribution in [0.1, 0.15) is 29.5 Å². The lowest BCUT2D eigenvalue weighted by atomic mass is 10.1. The van der Waals surface area contributed by atoms with Gasteiger partial charge in [0.15, 0.2) is 11.5 Å². The van der Waals surface area contributed by atoms with Crippen LogP contribution in [0.3, 0.4) is 0 Å². The van der Waals surface area contributed by atoms with E-state index in [1.165, 1.54) is 5.56 Å². The Morgan fingerprint density at radius 2 is 1.59 bits per heavy atom. The van der Waals surface area contributed by atoms with Gasteiger partial charge in [0.25, 0.3) is 5.91 Å². The summed E-state index contributed by atoms with van der Waals surface area (Å²) < 4.78 is 22.6. The molecule has 29 heavy (non-hydrogen) atoms. The molecule has 0 bridgehead atoms. The van der Waals surface area contributed by atoms with Gasteiger partial charge >= 0.3 is 0 Å². The molecule has 3 heterocycles. The van der Waals surface area contributed by atoms with Crippen molar-refractivity contribution in [1.82, 2.24) is 4.90 Å². The Bertz CT molecular complexity index is 906. The molecule has 5 rings (SSSR count). The van der Waals surface area contributed by atoms with Crippen LogP contribution in [-0.4, -0.2) is 43.3 Å². The number of hydrogen-bond donors (Lipinski definition) is 0. The van der Waals surface area contributed by atoms with Crippen LogP contribution in [0.15, 0.2) is 36.4 Å². The van der Waals surface area contributed by atoms with Crippen molar-refractivity contribution >= 4 is 5.91 Å². The molecule has 1 amide bonds. The predicted molar refractivity (Wildman–Crippen MR) is 106 cm³/mol. The predicted octanol–water partition coefficient (Wildman–Crippen LogP) is 3.10. The Morgan fingerprint density at radius 1 is 0.862 bits per heavy atom. The first kappa shape index (κ1) is 18.3. The minimum absolute atomic E-state index is 0.0501. The topological polar surface area (TPSA) is 57.2 Å². The van der Waals surface area contributed by atoms with Crippen LogP contribution in [-0.2, 0) is 29.0 Å². The van der Waals surface area contributed by atoms with E-state index in [0.29, 0.717) is 32.9 Å². The molecule has 0 N–H and O–H groups in total. The van der Waals surface area contributed by atoms with Gasteiger partial charge < -0.3 is 23.8 Å². The van der Waals surface area contributed by atoms with Crippen LogP contribution in [0.25, 0.3) is 0 Å². The summed E-state index contributed by atoms with van der Waals surface area (Å²) in [5.41, 5.74) is 3.34. The van der Waals surface area contributed by atoms with Crippen LogP contribution < -0.4 is 14.2 Å².